The second-order valence-corrected chi connectivity index (χ2v) is 5.35. The summed E-state index contributed by atoms with van der Waals surface area (Å²) >= 11 is 1.29. The molecule has 0 atom stereocenters. The van der Waals surface area contributed by atoms with Crippen LogP contribution in [0.1, 0.15) is 15.4 Å². The van der Waals surface area contributed by atoms with Crippen LogP contribution in [0.3, 0.4) is 0 Å². The molecular weight excluding hydrogens is 284 g/mol. The van der Waals surface area contributed by atoms with E-state index in [2.05, 4.69) is 9.97 Å². The lowest BCUT2D eigenvalue weighted by Crippen LogP contribution is -2.07. The molecule has 0 saturated carbocycles. The van der Waals surface area contributed by atoms with Crippen LogP contribution in [0.5, 0.6) is 5.75 Å². The van der Waals surface area contributed by atoms with Crippen LogP contribution >= 0.6 is 11.3 Å². The molecule has 0 bridgehead atoms. The van der Waals surface area contributed by atoms with E-state index in [1.165, 1.54) is 11.3 Å². The van der Waals surface area contributed by atoms with Crippen LogP contribution in [0.25, 0.3) is 10.7 Å². The molecule has 3 rings (SSSR count). The van der Waals surface area contributed by atoms with Crippen LogP contribution in [0.15, 0.2) is 54.7 Å². The minimum atomic E-state index is -0.390. The van der Waals surface area contributed by atoms with Gasteiger partial charge >= 0.3 is 5.97 Å². The zero-order chi connectivity index (χ0) is 14.7. The fraction of sp³-hybridized carbons (Fsp3) is 0.0625. The van der Waals surface area contributed by atoms with Crippen LogP contribution in [-0.2, 0) is 0 Å². The largest absolute Gasteiger partial charge is 0.422 e. The molecule has 1 aromatic carbocycles. The first kappa shape index (κ1) is 13.5. The number of carbonyl (C=O) groups is 1. The van der Waals surface area contributed by atoms with E-state index in [0.717, 1.165) is 5.69 Å². The normalized spacial score (nSPS) is 10.3. The van der Waals surface area contributed by atoms with Gasteiger partial charge in [0, 0.05) is 6.20 Å². The fourth-order valence-corrected chi connectivity index (χ4v) is 2.75. The first-order chi connectivity index (χ1) is 10.2. The van der Waals surface area contributed by atoms with Crippen LogP contribution in [-0.4, -0.2) is 15.9 Å². The smallest absolute Gasteiger partial charge is 0.355 e. The number of carbonyl (C=O) groups excluding carboxylic acids is 1. The second-order valence-electron chi connectivity index (χ2n) is 4.35. The molecule has 104 valence electrons. The molecule has 2 heterocycles. The summed E-state index contributed by atoms with van der Waals surface area (Å²) in [6, 6.07) is 14.6. The Balaban J connectivity index is 1.86. The third-order valence-corrected chi connectivity index (χ3v) is 3.98. The molecule has 2 aromatic heterocycles. The number of hydrogen-bond acceptors (Lipinski definition) is 5. The molecule has 0 saturated heterocycles. The first-order valence-corrected chi connectivity index (χ1v) is 7.22. The molecule has 21 heavy (non-hydrogen) atoms. The van der Waals surface area contributed by atoms with Gasteiger partial charge in [-0.3, -0.25) is 4.98 Å². The van der Waals surface area contributed by atoms with Crippen molar-refractivity contribution in [2.24, 2.45) is 0 Å². The minimum absolute atomic E-state index is 0.390. The van der Waals surface area contributed by atoms with Crippen LogP contribution in [0, 0.1) is 6.92 Å². The number of thiazole rings is 1. The van der Waals surface area contributed by atoms with Crippen molar-refractivity contribution in [3.05, 3.63) is 65.3 Å². The average molecular weight is 296 g/mol. The lowest BCUT2D eigenvalue weighted by Gasteiger charge is -2.01. The van der Waals surface area contributed by atoms with Gasteiger partial charge in [0.2, 0.25) is 0 Å². The number of aryl methyl sites for hydroxylation is 1. The van der Waals surface area contributed by atoms with Crippen LogP contribution in [0.4, 0.5) is 0 Å². The van der Waals surface area contributed by atoms with Crippen LogP contribution in [0.2, 0.25) is 0 Å². The lowest BCUT2D eigenvalue weighted by atomic mass is 10.3. The van der Waals surface area contributed by atoms with E-state index in [1.54, 1.807) is 25.3 Å². The first-order valence-electron chi connectivity index (χ1n) is 6.40. The van der Waals surface area contributed by atoms with Crippen LogP contribution < -0.4 is 4.74 Å². The number of benzene rings is 1. The highest BCUT2D eigenvalue weighted by Crippen LogP contribution is 2.27. The highest BCUT2D eigenvalue weighted by atomic mass is 32.1. The van der Waals surface area contributed by atoms with Gasteiger partial charge in [-0.25, -0.2) is 9.78 Å². The lowest BCUT2D eigenvalue weighted by molar-refractivity contribution is 0.0739. The minimum Gasteiger partial charge on any atom is -0.422 e. The Kier molecular flexibility index (Phi) is 3.75. The molecule has 0 unspecified atom stereocenters. The quantitative estimate of drug-likeness (QED) is 0.546. The SMILES string of the molecule is Cc1nc(-c2ccccn2)sc1C(=O)Oc1ccccc1. The Morgan fingerprint density at radius 1 is 1.10 bits per heavy atom. The predicted octanol–water partition coefficient (Wildman–Crippen LogP) is 3.73. The van der Waals surface area contributed by atoms with Gasteiger partial charge in [0.25, 0.3) is 0 Å². The molecule has 0 aliphatic carbocycles. The van der Waals surface area contributed by atoms with Crippen molar-refractivity contribution in [1.82, 2.24) is 9.97 Å². The fourth-order valence-electron chi connectivity index (χ4n) is 1.83. The van der Waals surface area contributed by atoms with Gasteiger partial charge in [0.05, 0.1) is 11.4 Å². The van der Waals surface area contributed by atoms with Gasteiger partial charge in [-0.2, -0.15) is 0 Å². The summed E-state index contributed by atoms with van der Waals surface area (Å²) in [6.45, 7) is 1.80. The number of nitrogens with zero attached hydrogens (tertiary/aromatic N) is 2. The summed E-state index contributed by atoms with van der Waals surface area (Å²) in [7, 11) is 0. The maximum atomic E-state index is 12.2. The highest BCUT2D eigenvalue weighted by molar-refractivity contribution is 7.17. The molecule has 0 fully saturated rings. The van der Waals surface area contributed by atoms with E-state index < -0.39 is 5.97 Å². The number of ether oxygens (including phenoxy) is 1. The number of rotatable bonds is 3. The molecule has 0 amide bonds. The topological polar surface area (TPSA) is 52.1 Å². The average Bonchev–Trinajstić information content (AvgIpc) is 2.91. The van der Waals surface area contributed by atoms with Gasteiger partial charge in [-0.1, -0.05) is 24.3 Å². The molecule has 0 spiro atoms. The number of aromatic nitrogens is 2. The molecule has 0 N–H and O–H groups in total. The maximum Gasteiger partial charge on any atom is 0.355 e. The predicted molar refractivity (Wildman–Crippen MR) is 81.5 cm³/mol. The number of para-hydroxylation sites is 1. The molecule has 0 aliphatic rings. The summed E-state index contributed by atoms with van der Waals surface area (Å²) in [5.41, 5.74) is 1.41. The molecule has 0 aliphatic heterocycles. The Morgan fingerprint density at radius 2 is 1.86 bits per heavy atom. The summed E-state index contributed by atoms with van der Waals surface area (Å²) in [6.07, 6.45) is 1.70. The van der Waals surface area contributed by atoms with E-state index in [-0.39, 0.29) is 0 Å². The Bertz CT molecular complexity index is 754. The van der Waals surface area contributed by atoms with Gasteiger partial charge in [0.15, 0.2) is 0 Å². The van der Waals surface area contributed by atoms with Crippen molar-refractivity contribution in [2.45, 2.75) is 6.92 Å². The zero-order valence-corrected chi connectivity index (χ0v) is 12.1. The summed E-state index contributed by atoms with van der Waals surface area (Å²) in [5.74, 6) is 0.132. The Hall–Kier alpha value is -2.53. The zero-order valence-electron chi connectivity index (χ0n) is 11.3. The van der Waals surface area contributed by atoms with E-state index in [4.69, 9.17) is 4.74 Å². The van der Waals surface area contributed by atoms with E-state index in [9.17, 15) is 4.79 Å². The van der Waals surface area contributed by atoms with Crippen molar-refractivity contribution in [3.8, 4) is 16.5 Å². The second kappa shape index (κ2) is 5.85. The van der Waals surface area contributed by atoms with Gasteiger partial charge in [-0.05, 0) is 31.2 Å². The van der Waals surface area contributed by atoms with Crippen molar-refractivity contribution in [2.75, 3.05) is 0 Å². The number of esters is 1. The van der Waals surface area contributed by atoms with Gasteiger partial charge < -0.3 is 4.74 Å². The third kappa shape index (κ3) is 2.98. The molecular formula is C16H12N2O2S. The number of pyridine rings is 1. The van der Waals surface area contributed by atoms with E-state index in [0.29, 0.717) is 21.3 Å². The van der Waals surface area contributed by atoms with Crippen molar-refractivity contribution < 1.29 is 9.53 Å². The molecule has 5 heteroatoms. The summed E-state index contributed by atoms with van der Waals surface area (Å²) < 4.78 is 5.34. The van der Waals surface area contributed by atoms with E-state index >= 15 is 0 Å². The molecule has 3 aromatic rings. The molecule has 4 nitrogen and oxygen atoms in total. The summed E-state index contributed by atoms with van der Waals surface area (Å²) in [4.78, 5) is 21.3. The van der Waals surface area contributed by atoms with E-state index in [1.807, 2.05) is 36.4 Å². The summed E-state index contributed by atoms with van der Waals surface area (Å²) in [5, 5.41) is 0.716. The van der Waals surface area contributed by atoms with Crippen molar-refractivity contribution >= 4 is 17.3 Å². The van der Waals surface area contributed by atoms with Crippen molar-refractivity contribution in [1.29, 1.82) is 0 Å². The highest BCUT2D eigenvalue weighted by Gasteiger charge is 2.18. The molecule has 0 radical (unpaired) electrons. The standard InChI is InChI=1S/C16H12N2O2S/c1-11-14(16(19)20-12-7-3-2-4-8-12)21-15(18-11)13-9-5-6-10-17-13/h2-10H,1H3. The number of hydrogen-bond donors (Lipinski definition) is 0. The third-order valence-electron chi connectivity index (χ3n) is 2.82. The maximum absolute atomic E-state index is 12.2. The van der Waals surface area contributed by atoms with Crippen molar-refractivity contribution in [3.63, 3.8) is 0 Å². The Labute approximate surface area is 126 Å². The van der Waals surface area contributed by atoms with Gasteiger partial charge in [-0.15, -0.1) is 11.3 Å². The monoisotopic (exact) mass is 296 g/mol. The Morgan fingerprint density at radius 3 is 2.57 bits per heavy atom. The van der Waals surface area contributed by atoms with Gasteiger partial charge in [0.1, 0.15) is 15.6 Å².